The Hall–Kier alpha value is -1.45. The second-order valence-corrected chi connectivity index (χ2v) is 3.11. The molecule has 0 unspecified atom stereocenters. The van der Waals surface area contributed by atoms with E-state index in [9.17, 15) is 13.6 Å². The molecular weight excluding hydrogens is 202 g/mol. The first-order chi connectivity index (χ1) is 7.00. The molecule has 0 heterocycles. The summed E-state index contributed by atoms with van der Waals surface area (Å²) in [7, 11) is 0. The van der Waals surface area contributed by atoms with Crippen molar-refractivity contribution in [1.29, 1.82) is 0 Å². The van der Waals surface area contributed by atoms with Crippen molar-refractivity contribution in [2.45, 2.75) is 19.8 Å². The number of hydrogen-bond acceptors (Lipinski definition) is 2. The summed E-state index contributed by atoms with van der Waals surface area (Å²) in [6.07, 6.45) is 0. The molecule has 0 atom stereocenters. The predicted molar refractivity (Wildman–Crippen MR) is 51.7 cm³/mol. The summed E-state index contributed by atoms with van der Waals surface area (Å²) in [6.45, 7) is 2.97. The SMILES string of the molecule is CCOC(=O)C(F)(F)c1ccccc1C. The van der Waals surface area contributed by atoms with E-state index in [2.05, 4.69) is 4.74 Å². The van der Waals surface area contributed by atoms with Crippen LogP contribution in [0.4, 0.5) is 8.78 Å². The highest BCUT2D eigenvalue weighted by atomic mass is 19.3. The summed E-state index contributed by atoms with van der Waals surface area (Å²) in [5, 5.41) is 0. The average molecular weight is 214 g/mol. The molecule has 2 nitrogen and oxygen atoms in total. The minimum Gasteiger partial charge on any atom is -0.461 e. The van der Waals surface area contributed by atoms with Gasteiger partial charge in [-0.1, -0.05) is 24.3 Å². The Labute approximate surface area is 86.9 Å². The molecule has 4 heteroatoms. The molecule has 1 rings (SSSR count). The van der Waals surface area contributed by atoms with Gasteiger partial charge in [-0.3, -0.25) is 0 Å². The van der Waals surface area contributed by atoms with Crippen LogP contribution in [0.2, 0.25) is 0 Å². The van der Waals surface area contributed by atoms with E-state index in [1.807, 2.05) is 0 Å². The van der Waals surface area contributed by atoms with E-state index < -0.39 is 11.9 Å². The van der Waals surface area contributed by atoms with Gasteiger partial charge in [0.1, 0.15) is 0 Å². The molecule has 0 saturated heterocycles. The predicted octanol–water partition coefficient (Wildman–Crippen LogP) is 2.65. The van der Waals surface area contributed by atoms with E-state index in [1.54, 1.807) is 6.07 Å². The molecule has 0 saturated carbocycles. The molecule has 1 aromatic rings. The first-order valence-corrected chi connectivity index (χ1v) is 4.61. The van der Waals surface area contributed by atoms with Crippen LogP contribution < -0.4 is 0 Å². The standard InChI is InChI=1S/C11H12F2O2/c1-3-15-10(14)11(12,13)9-7-5-4-6-8(9)2/h4-7H,3H2,1-2H3. The van der Waals surface area contributed by atoms with Gasteiger partial charge in [0.15, 0.2) is 0 Å². The lowest BCUT2D eigenvalue weighted by molar-refractivity contribution is -0.173. The Morgan fingerprint density at radius 2 is 2.00 bits per heavy atom. The summed E-state index contributed by atoms with van der Waals surface area (Å²) < 4.78 is 31.4. The van der Waals surface area contributed by atoms with E-state index in [4.69, 9.17) is 0 Å². The molecule has 0 radical (unpaired) electrons. The highest BCUT2D eigenvalue weighted by Gasteiger charge is 2.43. The minimum atomic E-state index is -3.57. The van der Waals surface area contributed by atoms with Crippen LogP contribution in [0, 0.1) is 6.92 Å². The maximum atomic E-state index is 13.5. The Kier molecular flexibility index (Phi) is 3.39. The van der Waals surface area contributed by atoms with Crippen LogP contribution in [0.25, 0.3) is 0 Å². The van der Waals surface area contributed by atoms with E-state index in [0.29, 0.717) is 5.56 Å². The molecule has 82 valence electrons. The van der Waals surface area contributed by atoms with Gasteiger partial charge >= 0.3 is 11.9 Å². The molecule has 0 bridgehead atoms. The van der Waals surface area contributed by atoms with Gasteiger partial charge in [-0.25, -0.2) is 4.79 Å². The van der Waals surface area contributed by atoms with E-state index in [-0.39, 0.29) is 12.2 Å². The molecule has 0 fully saturated rings. The third-order valence-electron chi connectivity index (χ3n) is 2.02. The summed E-state index contributed by atoms with van der Waals surface area (Å²) in [5.74, 6) is -5.07. The van der Waals surface area contributed by atoms with Gasteiger partial charge in [0.05, 0.1) is 6.61 Å². The van der Waals surface area contributed by atoms with Crippen LogP contribution >= 0.6 is 0 Å². The summed E-state index contributed by atoms with van der Waals surface area (Å²) in [4.78, 5) is 11.0. The van der Waals surface area contributed by atoms with Crippen molar-refractivity contribution in [2.24, 2.45) is 0 Å². The van der Waals surface area contributed by atoms with Gasteiger partial charge in [-0.2, -0.15) is 8.78 Å². The van der Waals surface area contributed by atoms with Crippen molar-refractivity contribution in [2.75, 3.05) is 6.61 Å². The number of esters is 1. The van der Waals surface area contributed by atoms with Crippen molar-refractivity contribution in [3.05, 3.63) is 35.4 Å². The van der Waals surface area contributed by atoms with Crippen molar-refractivity contribution < 1.29 is 18.3 Å². The average Bonchev–Trinajstić information content (AvgIpc) is 2.18. The van der Waals surface area contributed by atoms with Crippen LogP contribution in [-0.2, 0) is 15.5 Å². The van der Waals surface area contributed by atoms with Crippen LogP contribution in [0.15, 0.2) is 24.3 Å². The summed E-state index contributed by atoms with van der Waals surface area (Å²) in [5.41, 5.74) is 0.0685. The molecule has 0 aliphatic heterocycles. The molecule has 0 amide bonds. The normalized spacial score (nSPS) is 11.2. The van der Waals surface area contributed by atoms with Crippen molar-refractivity contribution in [3.8, 4) is 0 Å². The van der Waals surface area contributed by atoms with Crippen molar-refractivity contribution >= 4 is 5.97 Å². The van der Waals surface area contributed by atoms with Crippen LogP contribution in [-0.4, -0.2) is 12.6 Å². The van der Waals surface area contributed by atoms with Crippen LogP contribution in [0.1, 0.15) is 18.1 Å². The molecular formula is C11H12F2O2. The van der Waals surface area contributed by atoms with Gasteiger partial charge in [-0.15, -0.1) is 0 Å². The lowest BCUT2D eigenvalue weighted by Gasteiger charge is -2.16. The van der Waals surface area contributed by atoms with Crippen LogP contribution in [0.5, 0.6) is 0 Å². The molecule has 0 N–H and O–H groups in total. The smallest absolute Gasteiger partial charge is 0.381 e. The minimum absolute atomic E-state index is 0.0553. The topological polar surface area (TPSA) is 26.3 Å². The number of ether oxygens (including phenoxy) is 1. The highest BCUT2D eigenvalue weighted by Crippen LogP contribution is 2.31. The second-order valence-electron chi connectivity index (χ2n) is 3.11. The zero-order chi connectivity index (χ0) is 11.5. The van der Waals surface area contributed by atoms with Gasteiger partial charge < -0.3 is 4.74 Å². The van der Waals surface area contributed by atoms with Crippen molar-refractivity contribution in [3.63, 3.8) is 0 Å². The number of aryl methyl sites for hydroxylation is 1. The monoisotopic (exact) mass is 214 g/mol. The Balaban J connectivity index is 3.05. The Morgan fingerprint density at radius 3 is 2.53 bits per heavy atom. The number of carbonyl (C=O) groups excluding carboxylic acids is 1. The largest absolute Gasteiger partial charge is 0.461 e. The van der Waals surface area contributed by atoms with Crippen LogP contribution in [0.3, 0.4) is 0 Å². The van der Waals surface area contributed by atoms with E-state index >= 15 is 0 Å². The summed E-state index contributed by atoms with van der Waals surface area (Å²) in [6, 6.07) is 5.87. The lowest BCUT2D eigenvalue weighted by atomic mass is 10.0. The number of alkyl halides is 2. The zero-order valence-electron chi connectivity index (χ0n) is 8.59. The molecule has 0 spiro atoms. The van der Waals surface area contributed by atoms with Gasteiger partial charge in [0.2, 0.25) is 0 Å². The number of halogens is 2. The molecule has 15 heavy (non-hydrogen) atoms. The summed E-state index contributed by atoms with van der Waals surface area (Å²) >= 11 is 0. The second kappa shape index (κ2) is 4.38. The highest BCUT2D eigenvalue weighted by molar-refractivity contribution is 5.79. The fraction of sp³-hybridized carbons (Fsp3) is 0.364. The molecule has 0 aromatic heterocycles. The first kappa shape index (κ1) is 11.6. The number of benzene rings is 1. The molecule has 0 aliphatic rings. The number of rotatable bonds is 3. The fourth-order valence-corrected chi connectivity index (χ4v) is 1.26. The Morgan fingerprint density at radius 1 is 1.40 bits per heavy atom. The van der Waals surface area contributed by atoms with E-state index in [0.717, 1.165) is 0 Å². The van der Waals surface area contributed by atoms with Gasteiger partial charge in [0, 0.05) is 5.56 Å². The Bertz CT molecular complexity index is 361. The third-order valence-corrected chi connectivity index (χ3v) is 2.02. The quantitative estimate of drug-likeness (QED) is 0.723. The number of hydrogen-bond donors (Lipinski definition) is 0. The molecule has 0 aliphatic carbocycles. The van der Waals surface area contributed by atoms with Crippen molar-refractivity contribution in [1.82, 2.24) is 0 Å². The fourth-order valence-electron chi connectivity index (χ4n) is 1.26. The first-order valence-electron chi connectivity index (χ1n) is 4.61. The van der Waals surface area contributed by atoms with Gasteiger partial charge in [-0.05, 0) is 19.4 Å². The van der Waals surface area contributed by atoms with E-state index in [1.165, 1.54) is 32.0 Å². The number of carbonyl (C=O) groups is 1. The maximum absolute atomic E-state index is 13.5. The van der Waals surface area contributed by atoms with Gasteiger partial charge in [0.25, 0.3) is 0 Å². The lowest BCUT2D eigenvalue weighted by Crippen LogP contribution is -2.29. The third kappa shape index (κ3) is 2.32. The molecule has 1 aromatic carbocycles. The zero-order valence-corrected chi connectivity index (χ0v) is 8.59. The maximum Gasteiger partial charge on any atom is 0.381 e.